The number of ether oxygens (including phenoxy) is 2. The van der Waals surface area contributed by atoms with Crippen molar-refractivity contribution in [2.75, 3.05) is 26.9 Å². The van der Waals surface area contributed by atoms with Crippen LogP contribution in [0.15, 0.2) is 12.7 Å². The van der Waals surface area contributed by atoms with Crippen molar-refractivity contribution in [1.29, 1.82) is 0 Å². The van der Waals surface area contributed by atoms with Crippen LogP contribution in [0.5, 0.6) is 0 Å². The minimum Gasteiger partial charge on any atom is -0.382 e. The van der Waals surface area contributed by atoms with E-state index in [1.54, 1.807) is 13.2 Å². The summed E-state index contributed by atoms with van der Waals surface area (Å²) in [5.41, 5.74) is 0. The standard InChI is InChI=1S/C11H23NO4S/c1-4-5-10(2)11(17(12,13)14)6-7-16-9-8-15-3/h4,10-11H,1,5-9H2,2-3H3,(H2,12,13,14)/t10-,11+/m0/s1. The fourth-order valence-electron chi connectivity index (χ4n) is 1.63. The van der Waals surface area contributed by atoms with Gasteiger partial charge in [-0.1, -0.05) is 13.0 Å². The third-order valence-corrected chi connectivity index (χ3v) is 4.12. The summed E-state index contributed by atoms with van der Waals surface area (Å²) in [6, 6.07) is 0. The van der Waals surface area contributed by atoms with Gasteiger partial charge < -0.3 is 9.47 Å². The Balaban J connectivity index is 4.17. The highest BCUT2D eigenvalue weighted by molar-refractivity contribution is 7.89. The van der Waals surface area contributed by atoms with Gasteiger partial charge in [0, 0.05) is 13.7 Å². The van der Waals surface area contributed by atoms with Gasteiger partial charge in [0.05, 0.1) is 18.5 Å². The van der Waals surface area contributed by atoms with Crippen LogP contribution in [0.4, 0.5) is 0 Å². The number of nitrogens with two attached hydrogens (primary N) is 1. The number of primary sulfonamides is 1. The lowest BCUT2D eigenvalue weighted by Crippen LogP contribution is -2.35. The van der Waals surface area contributed by atoms with Crippen LogP contribution in [0.2, 0.25) is 0 Å². The maximum absolute atomic E-state index is 11.4. The predicted octanol–water partition coefficient (Wildman–Crippen LogP) is 0.909. The van der Waals surface area contributed by atoms with Crippen LogP contribution in [0, 0.1) is 5.92 Å². The number of allylic oxidation sites excluding steroid dienone is 1. The van der Waals surface area contributed by atoms with Gasteiger partial charge in [-0.2, -0.15) is 0 Å². The van der Waals surface area contributed by atoms with E-state index in [4.69, 9.17) is 14.6 Å². The normalized spacial score (nSPS) is 15.5. The van der Waals surface area contributed by atoms with Crippen LogP contribution in [0.3, 0.4) is 0 Å². The zero-order chi connectivity index (χ0) is 13.3. The van der Waals surface area contributed by atoms with Crippen molar-refractivity contribution in [2.24, 2.45) is 11.1 Å². The molecule has 0 aromatic rings. The Morgan fingerprint density at radius 2 is 2.00 bits per heavy atom. The summed E-state index contributed by atoms with van der Waals surface area (Å²) in [4.78, 5) is 0. The first-order valence-electron chi connectivity index (χ1n) is 5.62. The molecule has 0 aliphatic heterocycles. The monoisotopic (exact) mass is 265 g/mol. The minimum absolute atomic E-state index is 0.0477. The van der Waals surface area contributed by atoms with Crippen LogP contribution >= 0.6 is 0 Å². The summed E-state index contributed by atoms with van der Waals surface area (Å²) in [5, 5.41) is 4.63. The second kappa shape index (κ2) is 8.63. The van der Waals surface area contributed by atoms with Crippen LogP contribution in [0.25, 0.3) is 0 Å². The summed E-state index contributed by atoms with van der Waals surface area (Å²) < 4.78 is 32.9. The van der Waals surface area contributed by atoms with E-state index in [9.17, 15) is 8.42 Å². The molecule has 102 valence electrons. The van der Waals surface area contributed by atoms with E-state index in [2.05, 4.69) is 6.58 Å². The first-order valence-corrected chi connectivity index (χ1v) is 7.23. The topological polar surface area (TPSA) is 78.6 Å². The molecule has 2 N–H and O–H groups in total. The third-order valence-electron chi connectivity index (χ3n) is 2.57. The summed E-state index contributed by atoms with van der Waals surface area (Å²) in [6.07, 6.45) is 2.73. The van der Waals surface area contributed by atoms with Gasteiger partial charge in [-0.3, -0.25) is 0 Å². The molecule has 2 atom stereocenters. The first-order chi connectivity index (χ1) is 7.93. The van der Waals surface area contributed by atoms with E-state index < -0.39 is 15.3 Å². The third kappa shape index (κ3) is 7.49. The van der Waals surface area contributed by atoms with Crippen molar-refractivity contribution >= 4 is 10.0 Å². The number of rotatable bonds is 10. The molecule has 0 saturated heterocycles. The van der Waals surface area contributed by atoms with E-state index in [0.717, 1.165) is 0 Å². The Morgan fingerprint density at radius 1 is 1.35 bits per heavy atom. The van der Waals surface area contributed by atoms with Crippen molar-refractivity contribution in [3.05, 3.63) is 12.7 Å². The Hall–Kier alpha value is -0.430. The summed E-state index contributed by atoms with van der Waals surface area (Å²) in [7, 11) is -1.95. The maximum atomic E-state index is 11.4. The molecule has 0 aromatic heterocycles. The molecule has 5 nitrogen and oxygen atoms in total. The summed E-state index contributed by atoms with van der Waals surface area (Å²) in [6.45, 7) is 6.79. The van der Waals surface area contributed by atoms with Crippen LogP contribution in [-0.2, 0) is 19.5 Å². The van der Waals surface area contributed by atoms with Crippen molar-refractivity contribution in [3.8, 4) is 0 Å². The SMILES string of the molecule is C=CC[C@H](C)[C@@H](CCOCCOC)S(N)(=O)=O. The Labute approximate surface area is 104 Å². The van der Waals surface area contributed by atoms with Crippen molar-refractivity contribution in [2.45, 2.75) is 25.0 Å². The molecule has 0 unspecified atom stereocenters. The molecule has 17 heavy (non-hydrogen) atoms. The van der Waals surface area contributed by atoms with Gasteiger partial charge >= 0.3 is 0 Å². The molecule has 0 aliphatic carbocycles. The van der Waals surface area contributed by atoms with Gasteiger partial charge in [0.2, 0.25) is 10.0 Å². The molecule has 0 radical (unpaired) electrons. The van der Waals surface area contributed by atoms with E-state index in [0.29, 0.717) is 32.7 Å². The van der Waals surface area contributed by atoms with E-state index >= 15 is 0 Å². The number of hydrogen-bond acceptors (Lipinski definition) is 4. The zero-order valence-electron chi connectivity index (χ0n) is 10.6. The van der Waals surface area contributed by atoms with Gasteiger partial charge in [-0.25, -0.2) is 13.6 Å². The molecule has 0 spiro atoms. The first kappa shape index (κ1) is 16.6. The Kier molecular flexibility index (Phi) is 8.41. The second-order valence-electron chi connectivity index (χ2n) is 4.02. The molecule has 0 heterocycles. The summed E-state index contributed by atoms with van der Waals surface area (Å²) in [5.74, 6) is -0.0477. The summed E-state index contributed by atoms with van der Waals surface area (Å²) >= 11 is 0. The number of hydrogen-bond donors (Lipinski definition) is 1. The molecule has 0 saturated carbocycles. The quantitative estimate of drug-likeness (QED) is 0.470. The molecular weight excluding hydrogens is 242 g/mol. The van der Waals surface area contributed by atoms with Crippen LogP contribution in [-0.4, -0.2) is 40.6 Å². The highest BCUT2D eigenvalue weighted by Crippen LogP contribution is 2.18. The van der Waals surface area contributed by atoms with Gasteiger partial charge in [0.15, 0.2) is 0 Å². The lowest BCUT2D eigenvalue weighted by Gasteiger charge is -2.20. The molecule has 0 bridgehead atoms. The Morgan fingerprint density at radius 3 is 2.47 bits per heavy atom. The van der Waals surface area contributed by atoms with Crippen LogP contribution < -0.4 is 5.14 Å². The smallest absolute Gasteiger partial charge is 0.212 e. The van der Waals surface area contributed by atoms with Gasteiger partial charge in [0.25, 0.3) is 0 Å². The van der Waals surface area contributed by atoms with Gasteiger partial charge in [0.1, 0.15) is 0 Å². The van der Waals surface area contributed by atoms with Crippen molar-refractivity contribution in [3.63, 3.8) is 0 Å². The average molecular weight is 265 g/mol. The molecule has 6 heteroatoms. The average Bonchev–Trinajstić information content (AvgIpc) is 2.21. The Bertz CT molecular complexity index is 303. The van der Waals surface area contributed by atoms with E-state index in [1.807, 2.05) is 6.92 Å². The highest BCUT2D eigenvalue weighted by Gasteiger charge is 2.26. The van der Waals surface area contributed by atoms with Gasteiger partial charge in [-0.05, 0) is 18.8 Å². The molecular formula is C11H23NO4S. The fourth-order valence-corrected chi connectivity index (χ4v) is 2.81. The molecule has 0 rings (SSSR count). The molecule has 0 fully saturated rings. The van der Waals surface area contributed by atoms with E-state index in [1.165, 1.54) is 0 Å². The fraction of sp³-hybridized carbons (Fsp3) is 0.818. The number of methoxy groups -OCH3 is 1. The van der Waals surface area contributed by atoms with Crippen molar-refractivity contribution < 1.29 is 17.9 Å². The minimum atomic E-state index is -3.54. The van der Waals surface area contributed by atoms with E-state index in [-0.39, 0.29) is 5.92 Å². The molecule has 0 aliphatic rings. The van der Waals surface area contributed by atoms with Crippen molar-refractivity contribution in [1.82, 2.24) is 0 Å². The lowest BCUT2D eigenvalue weighted by atomic mass is 10.0. The molecule has 0 aromatic carbocycles. The largest absolute Gasteiger partial charge is 0.382 e. The predicted molar refractivity (Wildman–Crippen MR) is 68.2 cm³/mol. The maximum Gasteiger partial charge on any atom is 0.212 e. The lowest BCUT2D eigenvalue weighted by molar-refractivity contribution is 0.0678. The van der Waals surface area contributed by atoms with Crippen LogP contribution in [0.1, 0.15) is 19.8 Å². The zero-order valence-corrected chi connectivity index (χ0v) is 11.4. The number of sulfonamides is 1. The second-order valence-corrected chi connectivity index (χ2v) is 5.81. The molecule has 0 amide bonds. The van der Waals surface area contributed by atoms with Gasteiger partial charge in [-0.15, -0.1) is 6.58 Å². The highest BCUT2D eigenvalue weighted by atomic mass is 32.2.